The maximum absolute atomic E-state index is 13.8. The fraction of sp³-hybridized carbons (Fsp3) is 0.286. The molecule has 1 heterocycles. The molecule has 1 aromatic heterocycles. The predicted molar refractivity (Wildman–Crippen MR) is 132 cm³/mol. The molecule has 0 bridgehead atoms. The van der Waals surface area contributed by atoms with Crippen LogP contribution in [0.25, 0.3) is 0 Å². The number of aromatic nitrogens is 1. The van der Waals surface area contributed by atoms with Gasteiger partial charge in [-0.2, -0.15) is 0 Å². The molecule has 0 saturated heterocycles. The van der Waals surface area contributed by atoms with Crippen LogP contribution in [-0.4, -0.2) is 28.6 Å². The Hall–Kier alpha value is -3.87. The number of anilines is 1. The fourth-order valence-electron chi connectivity index (χ4n) is 4.44. The number of hydrogen-bond donors (Lipinski definition) is 1. The molecule has 35 heavy (non-hydrogen) atoms. The van der Waals surface area contributed by atoms with Crippen LogP contribution in [0.15, 0.2) is 72.9 Å². The number of ketones is 1. The van der Waals surface area contributed by atoms with E-state index in [1.807, 2.05) is 0 Å². The highest BCUT2D eigenvalue weighted by Gasteiger charge is 2.35. The summed E-state index contributed by atoms with van der Waals surface area (Å²) in [6.45, 7) is 1.46. The lowest BCUT2D eigenvalue weighted by Crippen LogP contribution is -2.47. The molecule has 180 valence electrons. The molecule has 4 rings (SSSR count). The fourth-order valence-corrected chi connectivity index (χ4v) is 4.44. The topological polar surface area (TPSA) is 79.4 Å². The Balaban J connectivity index is 1.80. The van der Waals surface area contributed by atoms with Crippen molar-refractivity contribution in [3.05, 3.63) is 95.6 Å². The lowest BCUT2D eigenvalue weighted by molar-refractivity contribution is -0.123. The number of pyridine rings is 1. The van der Waals surface area contributed by atoms with Crippen LogP contribution in [0.1, 0.15) is 71.5 Å². The second-order valence-corrected chi connectivity index (χ2v) is 8.79. The van der Waals surface area contributed by atoms with E-state index in [2.05, 4.69) is 10.3 Å². The van der Waals surface area contributed by atoms with Gasteiger partial charge in [0, 0.05) is 23.5 Å². The Morgan fingerprint density at radius 2 is 1.63 bits per heavy atom. The van der Waals surface area contributed by atoms with Gasteiger partial charge in [-0.05, 0) is 73.9 Å². The third-order valence-corrected chi connectivity index (χ3v) is 6.30. The first-order valence-corrected chi connectivity index (χ1v) is 11.9. The van der Waals surface area contributed by atoms with Crippen LogP contribution < -0.4 is 10.2 Å². The molecule has 1 saturated carbocycles. The van der Waals surface area contributed by atoms with Gasteiger partial charge in [0.15, 0.2) is 5.78 Å². The number of benzene rings is 2. The summed E-state index contributed by atoms with van der Waals surface area (Å²) in [4.78, 5) is 44.9. The van der Waals surface area contributed by atoms with Crippen LogP contribution in [0.5, 0.6) is 0 Å². The number of nitrogens with one attached hydrogen (secondary N) is 1. The summed E-state index contributed by atoms with van der Waals surface area (Å²) in [6, 6.07) is 16.1. The van der Waals surface area contributed by atoms with Crippen molar-refractivity contribution in [2.24, 2.45) is 0 Å². The lowest BCUT2D eigenvalue weighted by atomic mass is 9.94. The van der Waals surface area contributed by atoms with Crippen molar-refractivity contribution in [2.45, 2.75) is 51.1 Å². The second kappa shape index (κ2) is 11.0. The number of Topliss-reactive ketones (excluding diaryl/α,β-unsaturated/α-hetero) is 1. The van der Waals surface area contributed by atoms with Crippen LogP contribution >= 0.6 is 0 Å². The van der Waals surface area contributed by atoms with E-state index < -0.39 is 17.8 Å². The average molecular weight is 474 g/mol. The molecule has 1 fully saturated rings. The summed E-state index contributed by atoms with van der Waals surface area (Å²) in [5.41, 5.74) is 1.56. The molecule has 1 unspecified atom stereocenters. The van der Waals surface area contributed by atoms with E-state index in [0.29, 0.717) is 16.8 Å². The lowest BCUT2D eigenvalue weighted by Gasteiger charge is -2.33. The van der Waals surface area contributed by atoms with Crippen molar-refractivity contribution in [2.75, 3.05) is 4.90 Å². The highest BCUT2D eigenvalue weighted by atomic mass is 19.1. The molecular formula is C28H28FN3O3. The van der Waals surface area contributed by atoms with E-state index in [1.54, 1.807) is 42.5 Å². The van der Waals surface area contributed by atoms with E-state index in [1.165, 1.54) is 42.3 Å². The zero-order valence-electron chi connectivity index (χ0n) is 19.6. The molecule has 6 nitrogen and oxygen atoms in total. The van der Waals surface area contributed by atoms with Crippen LogP contribution in [0, 0.1) is 5.82 Å². The van der Waals surface area contributed by atoms with Gasteiger partial charge in [-0.25, -0.2) is 4.39 Å². The van der Waals surface area contributed by atoms with Crippen LogP contribution in [0.4, 0.5) is 10.1 Å². The third kappa shape index (κ3) is 5.80. The summed E-state index contributed by atoms with van der Waals surface area (Å²) in [6.07, 6.45) is 6.48. The molecule has 2 aromatic carbocycles. The molecule has 0 radical (unpaired) electrons. The van der Waals surface area contributed by atoms with E-state index >= 15 is 0 Å². The van der Waals surface area contributed by atoms with Crippen molar-refractivity contribution in [3.63, 3.8) is 0 Å². The largest absolute Gasteiger partial charge is 0.351 e. The summed E-state index contributed by atoms with van der Waals surface area (Å²) >= 11 is 0. The normalized spacial score (nSPS) is 14.7. The van der Waals surface area contributed by atoms with Gasteiger partial charge in [0.25, 0.3) is 5.91 Å². The minimum absolute atomic E-state index is 0.0195. The van der Waals surface area contributed by atoms with Crippen molar-refractivity contribution in [3.8, 4) is 0 Å². The molecule has 0 aliphatic heterocycles. The summed E-state index contributed by atoms with van der Waals surface area (Å²) < 4.78 is 13.8. The highest BCUT2D eigenvalue weighted by molar-refractivity contribution is 6.09. The van der Waals surface area contributed by atoms with Gasteiger partial charge in [0.1, 0.15) is 17.6 Å². The van der Waals surface area contributed by atoms with Crippen molar-refractivity contribution in [1.29, 1.82) is 0 Å². The number of hydrogen-bond acceptors (Lipinski definition) is 4. The van der Waals surface area contributed by atoms with E-state index in [-0.39, 0.29) is 23.4 Å². The Bertz CT molecular complexity index is 1170. The smallest absolute Gasteiger partial charge is 0.277 e. The van der Waals surface area contributed by atoms with Crippen molar-refractivity contribution < 1.29 is 18.8 Å². The second-order valence-electron chi connectivity index (χ2n) is 8.79. The van der Waals surface area contributed by atoms with Gasteiger partial charge >= 0.3 is 0 Å². The Morgan fingerprint density at radius 3 is 2.23 bits per heavy atom. The molecule has 7 heteroatoms. The molecule has 0 spiro atoms. The molecule has 1 atom stereocenters. The number of carbonyl (C=O) groups is 3. The zero-order valence-corrected chi connectivity index (χ0v) is 19.6. The summed E-state index contributed by atoms with van der Waals surface area (Å²) in [5.74, 6) is -1.37. The van der Waals surface area contributed by atoms with Crippen LogP contribution in [0.3, 0.4) is 0 Å². The first-order chi connectivity index (χ1) is 16.9. The minimum atomic E-state index is -1.06. The highest BCUT2D eigenvalue weighted by Crippen LogP contribution is 2.31. The Morgan fingerprint density at radius 1 is 0.943 bits per heavy atom. The Kier molecular flexibility index (Phi) is 7.65. The van der Waals surface area contributed by atoms with Gasteiger partial charge in [0.05, 0.1) is 0 Å². The van der Waals surface area contributed by atoms with Gasteiger partial charge in [0.2, 0.25) is 5.91 Å². The average Bonchev–Trinajstić information content (AvgIpc) is 2.88. The molecular weight excluding hydrogens is 445 g/mol. The minimum Gasteiger partial charge on any atom is -0.351 e. The Labute approximate surface area is 204 Å². The number of halogens is 1. The van der Waals surface area contributed by atoms with Crippen molar-refractivity contribution >= 4 is 23.3 Å². The molecule has 1 aliphatic rings. The van der Waals surface area contributed by atoms with Gasteiger partial charge in [-0.15, -0.1) is 0 Å². The summed E-state index contributed by atoms with van der Waals surface area (Å²) in [5, 5.41) is 3.12. The maximum atomic E-state index is 13.8. The van der Waals surface area contributed by atoms with Gasteiger partial charge in [-0.1, -0.05) is 37.5 Å². The molecule has 1 N–H and O–H groups in total. The SMILES string of the molecule is CC(=O)c1ccc(N(C(=O)c2ccccn2)C(C(=O)NC2CCCCC2)c2ccc(F)cc2)cc1. The predicted octanol–water partition coefficient (Wildman–Crippen LogP) is 5.26. The third-order valence-electron chi connectivity index (χ3n) is 6.30. The first-order valence-electron chi connectivity index (χ1n) is 11.9. The number of amides is 2. The number of rotatable bonds is 7. The molecule has 3 aromatic rings. The monoisotopic (exact) mass is 473 g/mol. The number of carbonyl (C=O) groups excluding carboxylic acids is 3. The quantitative estimate of drug-likeness (QED) is 0.475. The van der Waals surface area contributed by atoms with Gasteiger partial charge in [-0.3, -0.25) is 24.3 Å². The van der Waals surface area contributed by atoms with E-state index in [0.717, 1.165) is 32.1 Å². The van der Waals surface area contributed by atoms with E-state index in [9.17, 15) is 18.8 Å². The van der Waals surface area contributed by atoms with Crippen LogP contribution in [0.2, 0.25) is 0 Å². The maximum Gasteiger partial charge on any atom is 0.277 e. The van der Waals surface area contributed by atoms with Crippen molar-refractivity contribution in [1.82, 2.24) is 10.3 Å². The van der Waals surface area contributed by atoms with E-state index in [4.69, 9.17) is 0 Å². The zero-order chi connectivity index (χ0) is 24.8. The van der Waals surface area contributed by atoms with Crippen LogP contribution in [-0.2, 0) is 4.79 Å². The summed E-state index contributed by atoms with van der Waals surface area (Å²) in [7, 11) is 0. The standard InChI is InChI=1S/C28H28FN3O3/c1-19(33)20-12-16-24(17-13-20)32(28(35)25-9-5-6-18-30-25)26(21-10-14-22(29)15-11-21)27(34)31-23-7-3-2-4-8-23/h5-6,9-18,23,26H,2-4,7-8H2,1H3,(H,31,34). The molecule has 2 amide bonds. The number of nitrogens with zero attached hydrogens (tertiary/aromatic N) is 2. The van der Waals surface area contributed by atoms with Gasteiger partial charge < -0.3 is 5.32 Å². The first kappa shape index (κ1) is 24.3. The molecule has 1 aliphatic carbocycles.